The van der Waals surface area contributed by atoms with Gasteiger partial charge in [-0.3, -0.25) is 10.0 Å². The van der Waals surface area contributed by atoms with Crippen molar-refractivity contribution in [3.05, 3.63) is 53.7 Å². The summed E-state index contributed by atoms with van der Waals surface area (Å²) in [5.41, 5.74) is 6.14. The molecule has 3 N–H and O–H groups in total. The number of hydrogen-bond acceptors (Lipinski definition) is 5. The molecule has 0 unspecified atom stereocenters. The van der Waals surface area contributed by atoms with Gasteiger partial charge in [-0.15, -0.1) is 4.47 Å². The molecule has 1 aromatic heterocycles. The summed E-state index contributed by atoms with van der Waals surface area (Å²) >= 11 is 0. The van der Waals surface area contributed by atoms with E-state index in [9.17, 15) is 18.4 Å². The summed E-state index contributed by atoms with van der Waals surface area (Å²) in [6, 6.07) is 8.59. The van der Waals surface area contributed by atoms with Crippen LogP contribution in [-0.4, -0.2) is 24.5 Å². The molecule has 0 fully saturated rings. The van der Waals surface area contributed by atoms with E-state index < -0.39 is 21.0 Å². The molecule has 0 spiro atoms. The van der Waals surface area contributed by atoms with Crippen LogP contribution in [-0.2, 0) is 10.0 Å². The molecule has 0 aliphatic carbocycles. The Kier molecular flexibility index (Phi) is 3.92. The van der Waals surface area contributed by atoms with Gasteiger partial charge in [-0.25, -0.2) is 4.98 Å². The van der Waals surface area contributed by atoms with Crippen LogP contribution in [0.15, 0.2) is 47.6 Å². The lowest BCUT2D eigenvalue weighted by atomic mass is 10.2. The van der Waals surface area contributed by atoms with Crippen LogP contribution in [0.25, 0.3) is 0 Å². The minimum atomic E-state index is -4.22. The SMILES string of the molecule is Cc1ccc(N(O)S(=O)(=O)c2ccc(C(N)=O)cn2)cc1. The van der Waals surface area contributed by atoms with Crippen molar-refractivity contribution >= 4 is 21.6 Å². The lowest BCUT2D eigenvalue weighted by molar-refractivity contribution is 0.1000. The van der Waals surface area contributed by atoms with Crippen molar-refractivity contribution in [2.75, 3.05) is 4.47 Å². The average molecular weight is 307 g/mol. The van der Waals surface area contributed by atoms with E-state index in [2.05, 4.69) is 4.98 Å². The van der Waals surface area contributed by atoms with E-state index in [1.807, 2.05) is 6.92 Å². The summed E-state index contributed by atoms with van der Waals surface area (Å²) < 4.78 is 24.5. The zero-order chi connectivity index (χ0) is 15.6. The smallest absolute Gasteiger partial charge is 0.304 e. The molecule has 0 atom stereocenters. The third-order valence-corrected chi connectivity index (χ3v) is 4.20. The summed E-state index contributed by atoms with van der Waals surface area (Å²) in [7, 11) is -4.22. The zero-order valence-electron chi connectivity index (χ0n) is 11.1. The highest BCUT2D eigenvalue weighted by Crippen LogP contribution is 2.20. The number of nitrogens with zero attached hydrogens (tertiary/aromatic N) is 2. The van der Waals surface area contributed by atoms with Gasteiger partial charge in [0.25, 0.3) is 0 Å². The number of amides is 1. The van der Waals surface area contributed by atoms with Crippen molar-refractivity contribution in [2.45, 2.75) is 11.9 Å². The number of pyridine rings is 1. The van der Waals surface area contributed by atoms with Crippen LogP contribution in [0.2, 0.25) is 0 Å². The molecule has 0 radical (unpaired) electrons. The molecule has 0 saturated heterocycles. The highest BCUT2D eigenvalue weighted by Gasteiger charge is 2.25. The third-order valence-electron chi connectivity index (χ3n) is 2.77. The Bertz CT molecular complexity index is 755. The van der Waals surface area contributed by atoms with Crippen molar-refractivity contribution in [1.29, 1.82) is 0 Å². The number of rotatable bonds is 4. The first kappa shape index (κ1) is 14.9. The van der Waals surface area contributed by atoms with Gasteiger partial charge in [-0.2, -0.15) is 8.42 Å². The van der Waals surface area contributed by atoms with Crippen molar-refractivity contribution in [3.63, 3.8) is 0 Å². The van der Waals surface area contributed by atoms with Crippen LogP contribution in [0.4, 0.5) is 5.69 Å². The van der Waals surface area contributed by atoms with Gasteiger partial charge in [0, 0.05) is 6.20 Å². The number of hydrogen-bond donors (Lipinski definition) is 2. The van der Waals surface area contributed by atoms with Crippen LogP contribution in [0, 0.1) is 6.92 Å². The van der Waals surface area contributed by atoms with Gasteiger partial charge in [-0.1, -0.05) is 17.7 Å². The lowest BCUT2D eigenvalue weighted by Crippen LogP contribution is -2.28. The Hall–Kier alpha value is -2.45. The summed E-state index contributed by atoms with van der Waals surface area (Å²) in [5.74, 6) is -0.717. The van der Waals surface area contributed by atoms with Gasteiger partial charge in [0.15, 0.2) is 5.03 Å². The van der Waals surface area contributed by atoms with Gasteiger partial charge < -0.3 is 5.73 Å². The zero-order valence-corrected chi connectivity index (χ0v) is 11.9. The molecule has 2 rings (SSSR count). The highest BCUT2D eigenvalue weighted by atomic mass is 32.2. The fraction of sp³-hybridized carbons (Fsp3) is 0.0769. The highest BCUT2D eigenvalue weighted by molar-refractivity contribution is 7.92. The van der Waals surface area contributed by atoms with E-state index in [0.717, 1.165) is 17.8 Å². The molecule has 0 bridgehead atoms. The van der Waals surface area contributed by atoms with E-state index in [1.165, 1.54) is 18.2 Å². The summed E-state index contributed by atoms with van der Waals surface area (Å²) in [6.07, 6.45) is 1.04. The summed E-state index contributed by atoms with van der Waals surface area (Å²) in [4.78, 5) is 14.6. The van der Waals surface area contributed by atoms with Gasteiger partial charge in [0.2, 0.25) is 5.91 Å². The van der Waals surface area contributed by atoms with Crippen LogP contribution >= 0.6 is 0 Å². The molecular formula is C13H13N3O4S. The molecule has 8 heteroatoms. The van der Waals surface area contributed by atoms with E-state index in [1.54, 1.807) is 12.1 Å². The molecule has 1 amide bonds. The molecule has 110 valence electrons. The Labute approximate surface area is 121 Å². The molecule has 0 saturated carbocycles. The fourth-order valence-electron chi connectivity index (χ4n) is 1.58. The Balaban J connectivity index is 2.36. The average Bonchev–Trinajstić information content (AvgIpc) is 2.47. The molecular weight excluding hydrogens is 294 g/mol. The first-order chi connectivity index (χ1) is 9.82. The second kappa shape index (κ2) is 5.51. The number of aryl methyl sites for hydroxylation is 1. The van der Waals surface area contributed by atoms with Gasteiger partial charge in [-0.05, 0) is 31.2 Å². The maximum absolute atomic E-state index is 12.2. The molecule has 0 aliphatic rings. The second-order valence-corrected chi connectivity index (χ2v) is 6.05. The molecule has 21 heavy (non-hydrogen) atoms. The van der Waals surface area contributed by atoms with Crippen molar-refractivity contribution in [3.8, 4) is 0 Å². The number of nitrogens with two attached hydrogens (primary N) is 1. The molecule has 0 aliphatic heterocycles. The van der Waals surface area contributed by atoms with Crippen molar-refractivity contribution in [1.82, 2.24) is 4.98 Å². The molecule has 2 aromatic rings. The predicted octanol–water partition coefficient (Wildman–Crippen LogP) is 1.07. The Morgan fingerprint density at radius 1 is 1.19 bits per heavy atom. The Morgan fingerprint density at radius 2 is 1.81 bits per heavy atom. The second-order valence-electron chi connectivity index (χ2n) is 4.33. The Morgan fingerprint density at radius 3 is 2.29 bits per heavy atom. The number of primary amides is 1. The number of sulfonamides is 1. The number of aromatic nitrogens is 1. The fourth-order valence-corrected chi connectivity index (χ4v) is 2.58. The van der Waals surface area contributed by atoms with Crippen LogP contribution in [0.1, 0.15) is 15.9 Å². The number of carbonyl (C=O) groups excluding carboxylic acids is 1. The minimum Gasteiger partial charge on any atom is -0.366 e. The van der Waals surface area contributed by atoms with Crippen LogP contribution in [0.3, 0.4) is 0 Å². The first-order valence-electron chi connectivity index (χ1n) is 5.89. The number of carbonyl (C=O) groups is 1. The van der Waals surface area contributed by atoms with Crippen molar-refractivity contribution < 1.29 is 18.4 Å². The van der Waals surface area contributed by atoms with Gasteiger partial charge in [0.05, 0.1) is 11.3 Å². The molecule has 1 heterocycles. The topological polar surface area (TPSA) is 114 Å². The monoisotopic (exact) mass is 307 g/mol. The number of benzene rings is 1. The standard InChI is InChI=1S/C13H13N3O4S/c1-9-2-5-11(6-3-9)16(18)21(19,20)12-7-4-10(8-15-12)13(14)17/h2-8,18H,1H3,(H2,14,17). The molecule has 1 aromatic carbocycles. The summed E-state index contributed by atoms with van der Waals surface area (Å²) in [6.45, 7) is 1.84. The molecule has 7 nitrogen and oxygen atoms in total. The van der Waals surface area contributed by atoms with E-state index in [0.29, 0.717) is 0 Å². The number of anilines is 1. The van der Waals surface area contributed by atoms with E-state index in [-0.39, 0.29) is 15.7 Å². The maximum atomic E-state index is 12.2. The lowest BCUT2D eigenvalue weighted by Gasteiger charge is -2.16. The predicted molar refractivity (Wildman–Crippen MR) is 75.4 cm³/mol. The van der Waals surface area contributed by atoms with Gasteiger partial charge in [0.1, 0.15) is 0 Å². The largest absolute Gasteiger partial charge is 0.366 e. The summed E-state index contributed by atoms with van der Waals surface area (Å²) in [5, 5.41) is 9.49. The normalized spacial score (nSPS) is 11.1. The van der Waals surface area contributed by atoms with E-state index in [4.69, 9.17) is 5.73 Å². The minimum absolute atomic E-state index is 0.0776. The quantitative estimate of drug-likeness (QED) is 0.820. The van der Waals surface area contributed by atoms with Crippen LogP contribution < -0.4 is 10.2 Å². The van der Waals surface area contributed by atoms with E-state index >= 15 is 0 Å². The third kappa shape index (κ3) is 3.01. The first-order valence-corrected chi connectivity index (χ1v) is 7.33. The van der Waals surface area contributed by atoms with Crippen LogP contribution in [0.5, 0.6) is 0 Å². The maximum Gasteiger partial charge on any atom is 0.304 e. The van der Waals surface area contributed by atoms with Gasteiger partial charge >= 0.3 is 10.0 Å². The van der Waals surface area contributed by atoms with Crippen molar-refractivity contribution in [2.24, 2.45) is 5.73 Å².